The van der Waals surface area contributed by atoms with Crippen molar-refractivity contribution in [2.24, 2.45) is 4.99 Å². The van der Waals surface area contributed by atoms with Gasteiger partial charge in [-0.25, -0.2) is 9.79 Å². The van der Waals surface area contributed by atoms with Crippen molar-refractivity contribution in [3.05, 3.63) is 39.9 Å². The number of likely N-dealkylation sites (N-methyl/N-ethyl adjacent to an activating group) is 1. The van der Waals surface area contributed by atoms with Gasteiger partial charge in [-0.05, 0) is 12.5 Å². The molecule has 11 nitrogen and oxygen atoms in total. The fraction of sp³-hybridized carbons (Fsp3) is 0.526. The smallest absolute Gasteiger partial charge is 0.409 e. The van der Waals surface area contributed by atoms with Gasteiger partial charge >= 0.3 is 6.09 Å². The number of guanidine groups is 1. The lowest BCUT2D eigenvalue weighted by Gasteiger charge is -2.36. The van der Waals surface area contributed by atoms with Crippen molar-refractivity contribution >= 4 is 23.6 Å². The molecule has 2 rings (SSSR count). The topological polar surface area (TPSA) is 121 Å². The van der Waals surface area contributed by atoms with Crippen LogP contribution in [0, 0.1) is 10.1 Å². The molecule has 0 aromatic heterocycles. The molecule has 0 saturated carbocycles. The van der Waals surface area contributed by atoms with E-state index in [1.165, 1.54) is 17.0 Å². The molecule has 30 heavy (non-hydrogen) atoms. The molecule has 1 saturated heterocycles. The lowest BCUT2D eigenvalue weighted by Crippen LogP contribution is -2.54. The van der Waals surface area contributed by atoms with Gasteiger partial charge in [-0.15, -0.1) is 0 Å². The van der Waals surface area contributed by atoms with E-state index in [9.17, 15) is 19.7 Å². The maximum absolute atomic E-state index is 12.0. The number of amides is 2. The van der Waals surface area contributed by atoms with Gasteiger partial charge in [0, 0.05) is 52.4 Å². The molecule has 0 spiro atoms. The average molecular weight is 420 g/mol. The summed E-state index contributed by atoms with van der Waals surface area (Å²) in [4.78, 5) is 43.9. The number of carbonyl (C=O) groups is 2. The first-order chi connectivity index (χ1) is 14.3. The van der Waals surface area contributed by atoms with Gasteiger partial charge in [0.05, 0.1) is 24.6 Å². The van der Waals surface area contributed by atoms with Crippen molar-refractivity contribution in [1.29, 1.82) is 0 Å². The van der Waals surface area contributed by atoms with Crippen molar-refractivity contribution in [1.82, 2.24) is 20.0 Å². The number of aliphatic imine (C=N–C) groups is 1. The number of benzene rings is 1. The first-order valence-electron chi connectivity index (χ1n) is 9.70. The lowest BCUT2D eigenvalue weighted by atomic mass is 10.2. The number of piperazine rings is 1. The van der Waals surface area contributed by atoms with Crippen molar-refractivity contribution in [3.8, 4) is 0 Å². The molecule has 1 fully saturated rings. The zero-order chi connectivity index (χ0) is 22.1. The van der Waals surface area contributed by atoms with Gasteiger partial charge in [-0.2, -0.15) is 0 Å². The molecule has 164 valence electrons. The zero-order valence-corrected chi connectivity index (χ0v) is 17.5. The van der Waals surface area contributed by atoms with Crippen LogP contribution in [0.5, 0.6) is 0 Å². The summed E-state index contributed by atoms with van der Waals surface area (Å²) >= 11 is 0. The molecule has 0 unspecified atom stereocenters. The second kappa shape index (κ2) is 11.0. The van der Waals surface area contributed by atoms with Crippen LogP contribution in [0.2, 0.25) is 0 Å². The summed E-state index contributed by atoms with van der Waals surface area (Å²) in [6, 6.07) is 6.18. The minimum Gasteiger partial charge on any atom is -0.450 e. The van der Waals surface area contributed by atoms with Crippen molar-refractivity contribution in [3.63, 3.8) is 0 Å². The quantitative estimate of drug-likeness (QED) is 0.314. The molecule has 0 bridgehead atoms. The van der Waals surface area contributed by atoms with E-state index < -0.39 is 4.92 Å². The van der Waals surface area contributed by atoms with E-state index in [2.05, 4.69) is 10.3 Å². The van der Waals surface area contributed by atoms with Gasteiger partial charge < -0.3 is 24.8 Å². The summed E-state index contributed by atoms with van der Waals surface area (Å²) < 4.78 is 5.04. The average Bonchev–Trinajstić information content (AvgIpc) is 2.74. The summed E-state index contributed by atoms with van der Waals surface area (Å²) in [5.74, 6) is 0.454. The fourth-order valence-electron chi connectivity index (χ4n) is 2.79. The number of hydrogen-bond donors (Lipinski definition) is 1. The fourth-order valence-corrected chi connectivity index (χ4v) is 2.79. The van der Waals surface area contributed by atoms with E-state index in [0.717, 1.165) is 5.56 Å². The van der Waals surface area contributed by atoms with Gasteiger partial charge in [0.2, 0.25) is 5.91 Å². The highest BCUT2D eigenvalue weighted by Gasteiger charge is 2.24. The number of nitro benzene ring substituents is 1. The van der Waals surface area contributed by atoms with E-state index in [1.807, 2.05) is 4.90 Å². The molecule has 0 radical (unpaired) electrons. The van der Waals surface area contributed by atoms with Crippen LogP contribution in [0.3, 0.4) is 0 Å². The van der Waals surface area contributed by atoms with Gasteiger partial charge in [-0.3, -0.25) is 14.9 Å². The van der Waals surface area contributed by atoms with Crippen molar-refractivity contribution < 1.29 is 19.2 Å². The Labute approximate surface area is 175 Å². The first-order valence-corrected chi connectivity index (χ1v) is 9.70. The number of ether oxygens (including phenoxy) is 1. The highest BCUT2D eigenvalue weighted by molar-refractivity contribution is 5.86. The van der Waals surface area contributed by atoms with Gasteiger partial charge in [0.25, 0.3) is 5.69 Å². The molecule has 2 amide bonds. The van der Waals surface area contributed by atoms with Gasteiger partial charge in [-0.1, -0.05) is 12.1 Å². The third kappa shape index (κ3) is 6.61. The predicted octanol–water partition coefficient (Wildman–Crippen LogP) is 0.903. The maximum atomic E-state index is 12.0. The van der Waals surface area contributed by atoms with Crippen molar-refractivity contribution in [2.75, 3.05) is 53.4 Å². The lowest BCUT2D eigenvalue weighted by molar-refractivity contribution is -0.384. The van der Waals surface area contributed by atoms with Crippen LogP contribution in [-0.4, -0.2) is 91.0 Å². The molecule has 0 atom stereocenters. The molecule has 11 heteroatoms. The summed E-state index contributed by atoms with van der Waals surface area (Å²) in [6.45, 7) is 4.54. The zero-order valence-electron chi connectivity index (χ0n) is 17.5. The minimum atomic E-state index is -0.448. The largest absolute Gasteiger partial charge is 0.450 e. The molecule has 1 aromatic carbocycles. The summed E-state index contributed by atoms with van der Waals surface area (Å²) in [5, 5.41) is 13.9. The van der Waals surface area contributed by atoms with Gasteiger partial charge in [0.15, 0.2) is 5.96 Å². The third-order valence-corrected chi connectivity index (χ3v) is 4.56. The Balaban J connectivity index is 2.06. The molecular weight excluding hydrogens is 392 g/mol. The van der Waals surface area contributed by atoms with E-state index in [4.69, 9.17) is 4.74 Å². The summed E-state index contributed by atoms with van der Waals surface area (Å²) in [7, 11) is 3.35. The molecule has 1 aliphatic heterocycles. The second-order valence-corrected chi connectivity index (χ2v) is 6.88. The Morgan fingerprint density at radius 3 is 2.30 bits per heavy atom. The Bertz CT molecular complexity index is 772. The van der Waals surface area contributed by atoms with E-state index in [0.29, 0.717) is 45.3 Å². The molecule has 1 aromatic rings. The predicted molar refractivity (Wildman–Crippen MR) is 111 cm³/mol. The third-order valence-electron chi connectivity index (χ3n) is 4.56. The van der Waals surface area contributed by atoms with Crippen LogP contribution in [0.4, 0.5) is 10.5 Å². The molecule has 1 N–H and O–H groups in total. The van der Waals surface area contributed by atoms with Crippen molar-refractivity contribution in [2.45, 2.75) is 13.5 Å². The second-order valence-electron chi connectivity index (χ2n) is 6.88. The van der Waals surface area contributed by atoms with Crippen LogP contribution in [-0.2, 0) is 16.1 Å². The molecular formula is C19H28N6O5. The summed E-state index contributed by atoms with van der Waals surface area (Å²) in [5.41, 5.74) is 0.830. The first kappa shape index (κ1) is 22.9. The molecule has 1 aliphatic rings. The Morgan fingerprint density at radius 1 is 1.17 bits per heavy atom. The number of carbonyl (C=O) groups excluding carboxylic acids is 2. The van der Waals surface area contributed by atoms with Crippen LogP contribution >= 0.6 is 0 Å². The van der Waals surface area contributed by atoms with Crippen LogP contribution in [0.1, 0.15) is 12.5 Å². The van der Waals surface area contributed by atoms with Gasteiger partial charge in [0.1, 0.15) is 0 Å². The van der Waals surface area contributed by atoms with Crippen LogP contribution in [0.15, 0.2) is 29.3 Å². The number of rotatable bonds is 6. The monoisotopic (exact) mass is 420 g/mol. The number of nitrogens with one attached hydrogen (secondary N) is 1. The van der Waals surface area contributed by atoms with Crippen LogP contribution < -0.4 is 5.32 Å². The summed E-state index contributed by atoms with van der Waals surface area (Å²) in [6.07, 6.45) is -0.336. The number of non-ortho nitro benzene ring substituents is 1. The molecule has 1 heterocycles. The minimum absolute atomic E-state index is 0.0211. The highest BCUT2D eigenvalue weighted by atomic mass is 16.6. The SMILES string of the molecule is CCOC(=O)N1CCN(C(=NCc2ccc([N+](=O)[O-])cc2)NCC(=O)N(C)C)CC1. The van der Waals surface area contributed by atoms with Crippen LogP contribution in [0.25, 0.3) is 0 Å². The molecule has 0 aliphatic carbocycles. The Kier molecular flexibility index (Phi) is 8.39. The Hall–Kier alpha value is -3.37. The maximum Gasteiger partial charge on any atom is 0.409 e. The number of hydrogen-bond acceptors (Lipinski definition) is 6. The normalized spacial score (nSPS) is 14.3. The van der Waals surface area contributed by atoms with E-state index in [1.54, 1.807) is 38.1 Å². The highest BCUT2D eigenvalue weighted by Crippen LogP contribution is 2.13. The number of nitrogens with zero attached hydrogens (tertiary/aromatic N) is 5. The van der Waals surface area contributed by atoms with E-state index >= 15 is 0 Å². The standard InChI is InChI=1S/C19H28N6O5/c1-4-30-19(27)24-11-9-23(10-12-24)18(21-14-17(26)22(2)3)20-13-15-5-7-16(8-6-15)25(28)29/h5-8H,4,9-14H2,1-3H3,(H,20,21). The number of nitro groups is 1. The van der Waals surface area contributed by atoms with E-state index in [-0.39, 0.29) is 24.2 Å². The Morgan fingerprint density at radius 2 is 1.77 bits per heavy atom.